The number of hydrogen-bond acceptors (Lipinski definition) is 4. The van der Waals surface area contributed by atoms with E-state index in [4.69, 9.17) is 11.5 Å². The lowest BCUT2D eigenvalue weighted by atomic mass is 10.4. The summed E-state index contributed by atoms with van der Waals surface area (Å²) in [6.07, 6.45) is 6.41. The normalized spacial score (nSPS) is 17.2. The molecule has 13 heavy (non-hydrogen) atoms. The van der Waals surface area contributed by atoms with Crippen molar-refractivity contribution in [1.82, 2.24) is 10.0 Å². The lowest BCUT2D eigenvalue weighted by molar-refractivity contribution is 0.0509. The van der Waals surface area contributed by atoms with Crippen molar-refractivity contribution in [3.8, 4) is 0 Å². The molecule has 0 saturated carbocycles. The Labute approximate surface area is 80.1 Å². The van der Waals surface area contributed by atoms with Crippen LogP contribution in [0.5, 0.6) is 0 Å². The first-order valence-corrected chi connectivity index (χ1v) is 4.96. The second-order valence-corrected chi connectivity index (χ2v) is 3.24. The molecule has 0 radical (unpaired) electrons. The predicted molar refractivity (Wildman–Crippen MR) is 54.8 cm³/mol. The number of nitrogens with zero attached hydrogens (tertiary/aromatic N) is 2. The molecular formula is C9H20N4. The summed E-state index contributed by atoms with van der Waals surface area (Å²) in [5.74, 6) is 0. The molecule has 0 saturated heterocycles. The fourth-order valence-corrected chi connectivity index (χ4v) is 1.45. The second kappa shape index (κ2) is 5.96. The number of hydrazine groups is 1. The number of nitrogens with two attached hydrogens (primary N) is 2. The van der Waals surface area contributed by atoms with Crippen molar-refractivity contribution in [3.63, 3.8) is 0 Å². The van der Waals surface area contributed by atoms with E-state index in [2.05, 4.69) is 22.3 Å². The molecule has 4 heteroatoms. The molecule has 1 heterocycles. The number of hydrogen-bond donors (Lipinski definition) is 2. The van der Waals surface area contributed by atoms with E-state index in [9.17, 15) is 0 Å². The van der Waals surface area contributed by atoms with Crippen LogP contribution in [0.4, 0.5) is 0 Å². The van der Waals surface area contributed by atoms with Gasteiger partial charge in [-0.15, -0.1) is 0 Å². The van der Waals surface area contributed by atoms with Gasteiger partial charge >= 0.3 is 0 Å². The van der Waals surface area contributed by atoms with E-state index < -0.39 is 0 Å². The van der Waals surface area contributed by atoms with Gasteiger partial charge in [0.25, 0.3) is 0 Å². The fraction of sp³-hybridized carbons (Fsp3) is 0.778. The molecule has 4 N–H and O–H groups in total. The first kappa shape index (κ1) is 10.5. The van der Waals surface area contributed by atoms with Gasteiger partial charge in [-0.3, -0.25) is 0 Å². The van der Waals surface area contributed by atoms with E-state index in [0.29, 0.717) is 0 Å². The second-order valence-electron chi connectivity index (χ2n) is 3.24. The minimum Gasteiger partial charge on any atom is -0.330 e. The topological polar surface area (TPSA) is 58.5 Å². The van der Waals surface area contributed by atoms with Gasteiger partial charge in [0.15, 0.2) is 0 Å². The Balaban J connectivity index is 2.21. The average molecular weight is 184 g/mol. The third kappa shape index (κ3) is 3.34. The Morgan fingerprint density at radius 3 is 2.46 bits per heavy atom. The minimum atomic E-state index is 0.759. The molecule has 76 valence electrons. The lowest BCUT2D eigenvalue weighted by Crippen LogP contribution is -2.37. The van der Waals surface area contributed by atoms with E-state index >= 15 is 0 Å². The highest BCUT2D eigenvalue weighted by atomic mass is 15.6. The standard InChI is InChI=1S/C9H20N4/c10-4-1-6-12-8-3-9-13(12)7-2-5-11/h3,8H,1-2,4-7,9-11H2. The summed E-state index contributed by atoms with van der Waals surface area (Å²) in [6.45, 7) is 4.62. The quantitative estimate of drug-likeness (QED) is 0.596. The van der Waals surface area contributed by atoms with Crippen LogP contribution in [-0.2, 0) is 0 Å². The van der Waals surface area contributed by atoms with Crippen LogP contribution in [0.2, 0.25) is 0 Å². The summed E-state index contributed by atoms with van der Waals surface area (Å²) < 4.78 is 0. The first-order valence-electron chi connectivity index (χ1n) is 4.96. The van der Waals surface area contributed by atoms with Crippen molar-refractivity contribution < 1.29 is 0 Å². The molecule has 1 rings (SSSR count). The molecule has 4 nitrogen and oxygen atoms in total. The Morgan fingerprint density at radius 1 is 1.08 bits per heavy atom. The molecule has 1 aliphatic rings. The van der Waals surface area contributed by atoms with Crippen molar-refractivity contribution in [1.29, 1.82) is 0 Å². The molecule has 0 aromatic rings. The zero-order chi connectivity index (χ0) is 9.52. The summed E-state index contributed by atoms with van der Waals surface area (Å²) in [4.78, 5) is 0. The molecule has 0 amide bonds. The van der Waals surface area contributed by atoms with Crippen LogP contribution in [0, 0.1) is 0 Å². The molecule has 0 aromatic carbocycles. The monoisotopic (exact) mass is 184 g/mol. The Bertz CT molecular complexity index is 158. The zero-order valence-corrected chi connectivity index (χ0v) is 8.15. The zero-order valence-electron chi connectivity index (χ0n) is 8.15. The van der Waals surface area contributed by atoms with Crippen LogP contribution in [-0.4, -0.2) is 42.7 Å². The molecule has 0 aliphatic carbocycles. The summed E-state index contributed by atoms with van der Waals surface area (Å²) in [7, 11) is 0. The minimum absolute atomic E-state index is 0.759. The maximum atomic E-state index is 5.47. The molecule has 0 atom stereocenters. The first-order chi connectivity index (χ1) is 6.38. The van der Waals surface area contributed by atoms with E-state index in [1.807, 2.05) is 0 Å². The van der Waals surface area contributed by atoms with Crippen molar-refractivity contribution >= 4 is 0 Å². The van der Waals surface area contributed by atoms with E-state index in [0.717, 1.165) is 45.6 Å². The predicted octanol–water partition coefficient (Wildman–Crippen LogP) is -0.270. The van der Waals surface area contributed by atoms with E-state index in [-0.39, 0.29) is 0 Å². The molecule has 0 unspecified atom stereocenters. The largest absolute Gasteiger partial charge is 0.330 e. The van der Waals surface area contributed by atoms with Gasteiger partial charge < -0.3 is 16.5 Å². The molecule has 0 spiro atoms. The summed E-state index contributed by atoms with van der Waals surface area (Å²) >= 11 is 0. The Kier molecular flexibility index (Phi) is 4.82. The lowest BCUT2D eigenvalue weighted by Gasteiger charge is -2.28. The van der Waals surface area contributed by atoms with Gasteiger partial charge in [0.1, 0.15) is 0 Å². The van der Waals surface area contributed by atoms with Gasteiger partial charge in [-0.2, -0.15) is 0 Å². The highest BCUT2D eigenvalue weighted by Crippen LogP contribution is 2.08. The molecule has 1 aliphatic heterocycles. The van der Waals surface area contributed by atoms with Crippen molar-refractivity contribution in [2.24, 2.45) is 11.5 Å². The summed E-state index contributed by atoms with van der Waals surface area (Å²) in [5.41, 5.74) is 10.9. The molecule has 0 fully saturated rings. The fourth-order valence-electron chi connectivity index (χ4n) is 1.45. The van der Waals surface area contributed by atoms with Gasteiger partial charge in [0.2, 0.25) is 0 Å². The van der Waals surface area contributed by atoms with E-state index in [1.165, 1.54) is 0 Å². The number of rotatable bonds is 6. The van der Waals surface area contributed by atoms with Gasteiger partial charge in [-0.1, -0.05) is 6.08 Å². The van der Waals surface area contributed by atoms with E-state index in [1.54, 1.807) is 0 Å². The van der Waals surface area contributed by atoms with Gasteiger partial charge in [0.05, 0.1) is 0 Å². The average Bonchev–Trinajstić information content (AvgIpc) is 2.59. The Hall–Kier alpha value is -0.580. The SMILES string of the molecule is NCCCN1C=CCN1CCCN. The van der Waals surface area contributed by atoms with Crippen LogP contribution in [0.15, 0.2) is 12.3 Å². The van der Waals surface area contributed by atoms with Crippen LogP contribution in [0.3, 0.4) is 0 Å². The van der Waals surface area contributed by atoms with Crippen LogP contribution in [0.25, 0.3) is 0 Å². The highest BCUT2D eigenvalue weighted by molar-refractivity contribution is 4.91. The molecule has 0 aromatic heterocycles. The van der Waals surface area contributed by atoms with Gasteiger partial charge in [-0.25, -0.2) is 5.01 Å². The Morgan fingerprint density at radius 2 is 1.77 bits per heavy atom. The smallest absolute Gasteiger partial charge is 0.0379 e. The van der Waals surface area contributed by atoms with Crippen molar-refractivity contribution in [2.45, 2.75) is 12.8 Å². The van der Waals surface area contributed by atoms with Crippen LogP contribution in [0.1, 0.15) is 12.8 Å². The maximum absolute atomic E-state index is 5.47. The summed E-state index contributed by atoms with van der Waals surface area (Å²) in [5, 5.41) is 4.55. The third-order valence-electron chi connectivity index (χ3n) is 2.17. The van der Waals surface area contributed by atoms with Gasteiger partial charge in [-0.05, 0) is 25.9 Å². The molecular weight excluding hydrogens is 164 g/mol. The van der Waals surface area contributed by atoms with Crippen molar-refractivity contribution in [3.05, 3.63) is 12.3 Å². The van der Waals surface area contributed by atoms with Crippen LogP contribution >= 0.6 is 0 Å². The van der Waals surface area contributed by atoms with Gasteiger partial charge in [0, 0.05) is 25.8 Å². The third-order valence-corrected chi connectivity index (χ3v) is 2.17. The molecule has 0 bridgehead atoms. The highest BCUT2D eigenvalue weighted by Gasteiger charge is 2.13. The van der Waals surface area contributed by atoms with Crippen LogP contribution < -0.4 is 11.5 Å². The summed E-state index contributed by atoms with van der Waals surface area (Å²) in [6, 6.07) is 0. The maximum Gasteiger partial charge on any atom is 0.0379 e. The van der Waals surface area contributed by atoms with Crippen molar-refractivity contribution in [2.75, 3.05) is 32.7 Å².